The number of carbonyl (C=O) groups is 1. The van der Waals surface area contributed by atoms with Crippen LogP contribution in [0, 0.1) is 18.3 Å². The van der Waals surface area contributed by atoms with Crippen molar-refractivity contribution in [2.24, 2.45) is 17.1 Å². The molecule has 0 aliphatic heterocycles. The first kappa shape index (κ1) is 14.9. The summed E-state index contributed by atoms with van der Waals surface area (Å²) in [5, 5.41) is 12.7. The maximum atomic E-state index is 12.6. The lowest BCUT2D eigenvalue weighted by atomic mass is 9.70. The van der Waals surface area contributed by atoms with Crippen molar-refractivity contribution in [3.05, 3.63) is 23.8 Å². The zero-order chi connectivity index (χ0) is 14.8. The lowest BCUT2D eigenvalue weighted by Gasteiger charge is -2.37. The molecule has 0 heterocycles. The number of nitrogens with two attached hydrogens (primary N) is 1. The number of benzene rings is 1. The van der Waals surface area contributed by atoms with Gasteiger partial charge in [0.25, 0.3) is 0 Å². The maximum Gasteiger partial charge on any atom is 0.231 e. The summed E-state index contributed by atoms with van der Waals surface area (Å²) in [4.78, 5) is 12.6. The molecule has 0 atom stereocenters. The summed E-state index contributed by atoms with van der Waals surface area (Å²) in [5.74, 6) is 0.697. The van der Waals surface area contributed by atoms with E-state index < -0.39 is 5.41 Å². The van der Waals surface area contributed by atoms with E-state index in [2.05, 4.69) is 12.2 Å². The molecule has 1 aromatic rings. The number of anilines is 1. The first-order chi connectivity index (χ1) is 9.47. The highest BCUT2D eigenvalue weighted by molar-refractivity contribution is 5.96. The Morgan fingerprint density at radius 2 is 2.10 bits per heavy atom. The van der Waals surface area contributed by atoms with Crippen LogP contribution in [0.25, 0.3) is 0 Å². The molecular formula is C16H24N2O2. The highest BCUT2D eigenvalue weighted by Gasteiger charge is 2.40. The van der Waals surface area contributed by atoms with Crippen molar-refractivity contribution in [1.82, 2.24) is 0 Å². The van der Waals surface area contributed by atoms with Gasteiger partial charge >= 0.3 is 0 Å². The molecule has 4 heteroatoms. The number of aromatic hydroxyl groups is 1. The van der Waals surface area contributed by atoms with Gasteiger partial charge < -0.3 is 16.2 Å². The van der Waals surface area contributed by atoms with Gasteiger partial charge in [0.2, 0.25) is 5.91 Å². The molecular weight excluding hydrogens is 252 g/mol. The lowest BCUT2D eigenvalue weighted by molar-refractivity contribution is -0.127. The maximum absolute atomic E-state index is 12.6. The number of phenolic OH excluding ortho intramolecular Hbond substituents is 1. The molecule has 20 heavy (non-hydrogen) atoms. The highest BCUT2D eigenvalue weighted by Crippen LogP contribution is 2.39. The van der Waals surface area contributed by atoms with Crippen LogP contribution in [0.5, 0.6) is 5.75 Å². The average Bonchev–Trinajstić information content (AvgIpc) is 2.44. The van der Waals surface area contributed by atoms with Crippen molar-refractivity contribution in [2.75, 3.05) is 11.9 Å². The quantitative estimate of drug-likeness (QED) is 0.743. The molecule has 110 valence electrons. The fourth-order valence-corrected chi connectivity index (χ4v) is 2.84. The van der Waals surface area contributed by atoms with Crippen LogP contribution in [0.3, 0.4) is 0 Å². The molecule has 1 amide bonds. The van der Waals surface area contributed by atoms with E-state index in [0.29, 0.717) is 18.2 Å². The van der Waals surface area contributed by atoms with E-state index in [9.17, 15) is 9.90 Å². The third kappa shape index (κ3) is 2.96. The van der Waals surface area contributed by atoms with E-state index in [1.165, 1.54) is 0 Å². The number of rotatable bonds is 3. The minimum absolute atomic E-state index is 0.0622. The molecule has 0 bridgehead atoms. The molecule has 2 rings (SSSR count). The van der Waals surface area contributed by atoms with E-state index in [-0.39, 0.29) is 11.7 Å². The van der Waals surface area contributed by atoms with Gasteiger partial charge in [0.05, 0.1) is 11.1 Å². The fourth-order valence-electron chi connectivity index (χ4n) is 2.84. The predicted octanol–water partition coefficient (Wildman–Crippen LogP) is 2.79. The molecule has 4 N–H and O–H groups in total. The Morgan fingerprint density at radius 3 is 2.70 bits per heavy atom. The van der Waals surface area contributed by atoms with Crippen molar-refractivity contribution >= 4 is 11.6 Å². The van der Waals surface area contributed by atoms with Crippen LogP contribution in [-0.4, -0.2) is 17.6 Å². The molecule has 0 radical (unpaired) electrons. The summed E-state index contributed by atoms with van der Waals surface area (Å²) in [6.45, 7) is 4.50. The van der Waals surface area contributed by atoms with Gasteiger partial charge in [0.1, 0.15) is 5.75 Å². The van der Waals surface area contributed by atoms with Crippen molar-refractivity contribution in [1.29, 1.82) is 0 Å². The number of amides is 1. The topological polar surface area (TPSA) is 75.3 Å². The average molecular weight is 276 g/mol. The van der Waals surface area contributed by atoms with Gasteiger partial charge in [-0.1, -0.05) is 13.0 Å². The van der Waals surface area contributed by atoms with Crippen LogP contribution in [0.4, 0.5) is 5.69 Å². The van der Waals surface area contributed by atoms with Crippen molar-refractivity contribution in [3.63, 3.8) is 0 Å². The van der Waals surface area contributed by atoms with Crippen LogP contribution < -0.4 is 11.1 Å². The van der Waals surface area contributed by atoms with Gasteiger partial charge in [-0.3, -0.25) is 4.79 Å². The second-order valence-corrected chi connectivity index (χ2v) is 6.14. The molecule has 0 unspecified atom stereocenters. The number of hydrogen-bond donors (Lipinski definition) is 3. The first-order valence-corrected chi connectivity index (χ1v) is 7.28. The zero-order valence-corrected chi connectivity index (χ0v) is 12.3. The molecule has 4 nitrogen and oxygen atoms in total. The molecule has 1 aliphatic rings. The number of aryl methyl sites for hydroxylation is 1. The fraction of sp³-hybridized carbons (Fsp3) is 0.562. The molecule has 0 saturated heterocycles. The summed E-state index contributed by atoms with van der Waals surface area (Å²) in [6.07, 6.45) is 3.71. The van der Waals surface area contributed by atoms with Crippen molar-refractivity contribution in [3.8, 4) is 5.75 Å². The molecule has 1 fully saturated rings. The summed E-state index contributed by atoms with van der Waals surface area (Å²) >= 11 is 0. The van der Waals surface area contributed by atoms with Gasteiger partial charge in [-0.2, -0.15) is 0 Å². The van der Waals surface area contributed by atoms with Crippen molar-refractivity contribution in [2.45, 2.75) is 39.5 Å². The summed E-state index contributed by atoms with van der Waals surface area (Å²) in [6, 6.07) is 5.19. The predicted molar refractivity (Wildman–Crippen MR) is 80.6 cm³/mol. The van der Waals surface area contributed by atoms with Crippen LogP contribution in [0.1, 0.15) is 38.2 Å². The Kier molecular flexibility index (Phi) is 4.33. The minimum atomic E-state index is -0.483. The van der Waals surface area contributed by atoms with E-state index in [4.69, 9.17) is 5.73 Å². The monoisotopic (exact) mass is 276 g/mol. The van der Waals surface area contributed by atoms with Crippen LogP contribution in [0.2, 0.25) is 0 Å². The summed E-state index contributed by atoms with van der Waals surface area (Å²) in [7, 11) is 0. The molecule has 0 aromatic heterocycles. The van der Waals surface area contributed by atoms with E-state index in [1.54, 1.807) is 12.1 Å². The Morgan fingerprint density at radius 1 is 1.45 bits per heavy atom. The zero-order valence-electron chi connectivity index (χ0n) is 12.3. The van der Waals surface area contributed by atoms with Crippen LogP contribution in [-0.2, 0) is 4.79 Å². The molecule has 1 aromatic carbocycles. The Hall–Kier alpha value is -1.55. The second-order valence-electron chi connectivity index (χ2n) is 6.14. The van der Waals surface area contributed by atoms with E-state index >= 15 is 0 Å². The smallest absolute Gasteiger partial charge is 0.231 e. The number of carbonyl (C=O) groups excluding carboxylic acids is 1. The third-order valence-electron chi connectivity index (χ3n) is 4.50. The number of nitrogens with one attached hydrogen (secondary N) is 1. The SMILES string of the molecule is Cc1ccc(O)c(NC(=O)C2(CN)CCC(C)CC2)c1. The van der Waals surface area contributed by atoms with E-state index in [1.807, 2.05) is 13.0 Å². The van der Waals surface area contributed by atoms with Gasteiger partial charge in [0.15, 0.2) is 0 Å². The summed E-state index contributed by atoms with van der Waals surface area (Å²) < 4.78 is 0. The molecule has 1 saturated carbocycles. The Bertz CT molecular complexity index is 491. The van der Waals surface area contributed by atoms with Gasteiger partial charge in [-0.25, -0.2) is 0 Å². The largest absolute Gasteiger partial charge is 0.506 e. The number of phenols is 1. The standard InChI is InChI=1S/C16H24N2O2/c1-11-5-7-16(10-17,8-6-11)15(20)18-13-9-12(2)3-4-14(13)19/h3-4,9,11,19H,5-8,10,17H2,1-2H3,(H,18,20). The van der Waals surface area contributed by atoms with Crippen LogP contribution >= 0.6 is 0 Å². The first-order valence-electron chi connectivity index (χ1n) is 7.28. The van der Waals surface area contributed by atoms with Gasteiger partial charge in [0, 0.05) is 6.54 Å². The Labute approximate surface area is 120 Å². The van der Waals surface area contributed by atoms with Crippen molar-refractivity contribution < 1.29 is 9.90 Å². The molecule has 1 aliphatic carbocycles. The minimum Gasteiger partial charge on any atom is -0.506 e. The highest BCUT2D eigenvalue weighted by atomic mass is 16.3. The number of hydrogen-bond acceptors (Lipinski definition) is 3. The van der Waals surface area contributed by atoms with Gasteiger partial charge in [-0.05, 0) is 56.2 Å². The normalized spacial score (nSPS) is 26.2. The Balaban J connectivity index is 2.15. The summed E-state index contributed by atoms with van der Waals surface area (Å²) in [5.41, 5.74) is 6.87. The third-order valence-corrected chi connectivity index (χ3v) is 4.50. The molecule has 0 spiro atoms. The van der Waals surface area contributed by atoms with E-state index in [0.717, 1.165) is 31.2 Å². The van der Waals surface area contributed by atoms with Gasteiger partial charge in [-0.15, -0.1) is 0 Å². The second kappa shape index (κ2) is 5.83. The van der Waals surface area contributed by atoms with Crippen LogP contribution in [0.15, 0.2) is 18.2 Å². The lowest BCUT2D eigenvalue weighted by Crippen LogP contribution is -2.44.